The zero-order valence-electron chi connectivity index (χ0n) is 13.8. The molecule has 0 saturated carbocycles. The molecule has 128 valence electrons. The van der Waals surface area contributed by atoms with E-state index < -0.39 is 6.10 Å². The number of hydrogen-bond acceptors (Lipinski definition) is 4. The quantitative estimate of drug-likeness (QED) is 0.792. The first-order valence-corrected chi connectivity index (χ1v) is 8.94. The van der Waals surface area contributed by atoms with Gasteiger partial charge in [0.05, 0.1) is 13.1 Å². The monoisotopic (exact) mass is 330 g/mol. The summed E-state index contributed by atoms with van der Waals surface area (Å²) in [6, 6.07) is 5.64. The lowest BCUT2D eigenvalue weighted by atomic mass is 10.1. The Bertz CT molecular complexity index is 792. The van der Waals surface area contributed by atoms with E-state index in [-0.39, 0.29) is 12.2 Å². The van der Waals surface area contributed by atoms with Crippen molar-refractivity contribution in [2.45, 2.75) is 38.2 Å². The minimum Gasteiger partial charge on any atom is -0.491 e. The lowest BCUT2D eigenvalue weighted by Crippen LogP contribution is -3.11. The van der Waals surface area contributed by atoms with Crippen molar-refractivity contribution in [2.75, 3.05) is 26.2 Å². The first kappa shape index (κ1) is 15.7. The predicted octanol–water partition coefficient (Wildman–Crippen LogP) is 0.700. The van der Waals surface area contributed by atoms with Gasteiger partial charge in [0.2, 0.25) is 0 Å². The zero-order valence-corrected chi connectivity index (χ0v) is 13.8. The molecule has 0 radical (unpaired) electrons. The van der Waals surface area contributed by atoms with Gasteiger partial charge < -0.3 is 19.2 Å². The Hall–Kier alpha value is -1.85. The summed E-state index contributed by atoms with van der Waals surface area (Å²) in [6.07, 6.45) is 4.79. The van der Waals surface area contributed by atoms with Gasteiger partial charge in [0.25, 0.3) is 0 Å². The van der Waals surface area contributed by atoms with Crippen LogP contribution in [0.3, 0.4) is 0 Å². The molecule has 1 aliphatic carbocycles. The Morgan fingerprint density at radius 1 is 1.17 bits per heavy atom. The Balaban J connectivity index is 1.47. The van der Waals surface area contributed by atoms with Crippen molar-refractivity contribution in [3.8, 4) is 5.75 Å². The molecule has 2 aliphatic rings. The van der Waals surface area contributed by atoms with Crippen LogP contribution < -0.4 is 15.3 Å². The normalized spacial score (nSPS) is 18.9. The molecule has 2 aromatic rings. The van der Waals surface area contributed by atoms with Crippen molar-refractivity contribution in [3.05, 3.63) is 39.7 Å². The summed E-state index contributed by atoms with van der Waals surface area (Å²) < 4.78 is 11.2. The van der Waals surface area contributed by atoms with Gasteiger partial charge in [-0.05, 0) is 37.0 Å². The van der Waals surface area contributed by atoms with Gasteiger partial charge in [-0.25, -0.2) is 4.79 Å². The van der Waals surface area contributed by atoms with Crippen LogP contribution >= 0.6 is 0 Å². The molecule has 5 nitrogen and oxygen atoms in total. The summed E-state index contributed by atoms with van der Waals surface area (Å²) in [5.74, 6) is 0.638. The molecule has 0 spiro atoms. The highest BCUT2D eigenvalue weighted by atomic mass is 16.5. The van der Waals surface area contributed by atoms with Gasteiger partial charge in [-0.3, -0.25) is 0 Å². The molecule has 1 aromatic carbocycles. The number of nitrogens with one attached hydrogen (secondary N) is 1. The first-order chi connectivity index (χ1) is 11.7. The van der Waals surface area contributed by atoms with Crippen LogP contribution in [0.1, 0.15) is 30.4 Å². The van der Waals surface area contributed by atoms with Crippen molar-refractivity contribution in [1.82, 2.24) is 0 Å². The number of aliphatic hydroxyl groups is 1. The molecule has 5 heteroatoms. The van der Waals surface area contributed by atoms with E-state index >= 15 is 0 Å². The van der Waals surface area contributed by atoms with Crippen LogP contribution in [0, 0.1) is 0 Å². The number of aliphatic hydroxyl groups excluding tert-OH is 1. The summed E-state index contributed by atoms with van der Waals surface area (Å²) in [5.41, 5.74) is 2.33. The molecule has 0 bridgehead atoms. The van der Waals surface area contributed by atoms with E-state index in [1.165, 1.54) is 17.7 Å². The number of benzene rings is 1. The average molecular weight is 330 g/mol. The van der Waals surface area contributed by atoms with Crippen molar-refractivity contribution < 1.29 is 19.2 Å². The smallest absolute Gasteiger partial charge is 0.339 e. The zero-order chi connectivity index (χ0) is 16.5. The number of ether oxygens (including phenoxy) is 1. The second-order valence-corrected chi connectivity index (χ2v) is 6.98. The Kier molecular flexibility index (Phi) is 4.29. The largest absolute Gasteiger partial charge is 0.491 e. The summed E-state index contributed by atoms with van der Waals surface area (Å²) in [6.45, 7) is 3.28. The summed E-state index contributed by atoms with van der Waals surface area (Å²) >= 11 is 0. The maximum absolute atomic E-state index is 12.0. The van der Waals surface area contributed by atoms with Crippen molar-refractivity contribution in [1.29, 1.82) is 0 Å². The SMILES string of the molecule is O=c1oc2cc(OC[C@@H](O)C[NH+]3CCCC3)ccc2c2c1CCC2. The second kappa shape index (κ2) is 6.57. The lowest BCUT2D eigenvalue weighted by molar-refractivity contribution is -0.890. The van der Waals surface area contributed by atoms with Gasteiger partial charge in [0.15, 0.2) is 0 Å². The first-order valence-electron chi connectivity index (χ1n) is 8.94. The minimum absolute atomic E-state index is 0.218. The molecule has 0 amide bonds. The molecular weight excluding hydrogens is 306 g/mol. The van der Waals surface area contributed by atoms with Gasteiger partial charge in [0, 0.05) is 29.9 Å². The van der Waals surface area contributed by atoms with E-state index in [0.717, 1.165) is 55.4 Å². The third-order valence-corrected chi connectivity index (χ3v) is 5.22. The number of likely N-dealkylation sites (tertiary alicyclic amines) is 1. The number of fused-ring (bicyclic) bond motifs is 3. The van der Waals surface area contributed by atoms with E-state index in [1.807, 2.05) is 12.1 Å². The molecule has 2 heterocycles. The maximum Gasteiger partial charge on any atom is 0.339 e. The molecule has 1 aromatic heterocycles. The summed E-state index contributed by atoms with van der Waals surface area (Å²) in [5, 5.41) is 11.1. The Morgan fingerprint density at radius 2 is 1.96 bits per heavy atom. The fraction of sp³-hybridized carbons (Fsp3) is 0.526. The summed E-state index contributed by atoms with van der Waals surface area (Å²) in [4.78, 5) is 13.5. The number of rotatable bonds is 5. The van der Waals surface area contributed by atoms with Crippen molar-refractivity contribution >= 4 is 11.0 Å². The van der Waals surface area contributed by atoms with Crippen LogP contribution in [0.2, 0.25) is 0 Å². The van der Waals surface area contributed by atoms with Crippen LogP contribution in [0.5, 0.6) is 5.75 Å². The molecule has 1 saturated heterocycles. The Labute approximate surface area is 140 Å². The van der Waals surface area contributed by atoms with Gasteiger partial charge in [0.1, 0.15) is 30.6 Å². The number of quaternary nitrogens is 1. The minimum atomic E-state index is -0.471. The van der Waals surface area contributed by atoms with E-state index in [2.05, 4.69) is 0 Å². The fourth-order valence-electron chi connectivity index (χ4n) is 4.02. The Morgan fingerprint density at radius 3 is 2.79 bits per heavy atom. The molecular formula is C19H24NO4+. The predicted molar refractivity (Wildman–Crippen MR) is 90.8 cm³/mol. The van der Waals surface area contributed by atoms with Gasteiger partial charge in [-0.2, -0.15) is 0 Å². The highest BCUT2D eigenvalue weighted by Gasteiger charge is 2.21. The second-order valence-electron chi connectivity index (χ2n) is 6.98. The standard InChI is InChI=1S/C19H23NO4/c21-13(11-20-8-1-2-9-20)12-23-14-6-7-16-15-4-3-5-17(15)19(22)24-18(16)10-14/h6-7,10,13,21H,1-5,8-9,11-12H2/p+1/t13-/m0/s1. The third kappa shape index (κ3) is 3.06. The van der Waals surface area contributed by atoms with Crippen molar-refractivity contribution in [3.63, 3.8) is 0 Å². The molecule has 1 atom stereocenters. The van der Waals surface area contributed by atoms with E-state index in [0.29, 0.717) is 11.3 Å². The van der Waals surface area contributed by atoms with Crippen LogP contribution in [0.4, 0.5) is 0 Å². The van der Waals surface area contributed by atoms with Crippen molar-refractivity contribution in [2.24, 2.45) is 0 Å². The fourth-order valence-corrected chi connectivity index (χ4v) is 4.02. The molecule has 1 fully saturated rings. The van der Waals surface area contributed by atoms with Gasteiger partial charge in [-0.1, -0.05) is 0 Å². The molecule has 0 unspecified atom stereocenters. The van der Waals surface area contributed by atoms with E-state index in [1.54, 1.807) is 6.07 Å². The molecule has 4 rings (SSSR count). The highest BCUT2D eigenvalue weighted by Crippen LogP contribution is 2.29. The van der Waals surface area contributed by atoms with Gasteiger partial charge in [-0.15, -0.1) is 0 Å². The van der Waals surface area contributed by atoms with Crippen LogP contribution in [-0.4, -0.2) is 37.5 Å². The molecule has 24 heavy (non-hydrogen) atoms. The number of aryl methyl sites for hydroxylation is 1. The van der Waals surface area contributed by atoms with E-state index in [4.69, 9.17) is 9.15 Å². The number of hydrogen-bond donors (Lipinski definition) is 2. The van der Waals surface area contributed by atoms with Crippen LogP contribution in [0.25, 0.3) is 11.0 Å². The maximum atomic E-state index is 12.0. The average Bonchev–Trinajstić information content (AvgIpc) is 3.24. The van der Waals surface area contributed by atoms with Gasteiger partial charge >= 0.3 is 5.63 Å². The van der Waals surface area contributed by atoms with Crippen LogP contribution in [-0.2, 0) is 12.8 Å². The van der Waals surface area contributed by atoms with Crippen LogP contribution in [0.15, 0.2) is 27.4 Å². The highest BCUT2D eigenvalue weighted by molar-refractivity contribution is 5.83. The van der Waals surface area contributed by atoms with E-state index in [9.17, 15) is 9.90 Å². The lowest BCUT2D eigenvalue weighted by Gasteiger charge is -2.17. The summed E-state index contributed by atoms with van der Waals surface area (Å²) in [7, 11) is 0. The topological polar surface area (TPSA) is 64.1 Å². The third-order valence-electron chi connectivity index (χ3n) is 5.22. The molecule has 2 N–H and O–H groups in total. The molecule has 1 aliphatic heterocycles.